The minimum absolute atomic E-state index is 0.00747. The molecule has 0 unspecified atom stereocenters. The van der Waals surface area contributed by atoms with Crippen LogP contribution >= 0.6 is 0 Å². The Morgan fingerprint density at radius 1 is 0.949 bits per heavy atom. The predicted octanol–water partition coefficient (Wildman–Crippen LogP) is 4.37. The van der Waals surface area contributed by atoms with Crippen LogP contribution in [0.15, 0.2) is 42.5 Å². The van der Waals surface area contributed by atoms with Crippen molar-refractivity contribution in [2.75, 3.05) is 44.2 Å². The van der Waals surface area contributed by atoms with Gasteiger partial charge in [-0.05, 0) is 67.7 Å². The molecule has 2 heterocycles. The zero-order valence-electron chi connectivity index (χ0n) is 21.2. The Kier molecular flexibility index (Phi) is 8.85. The van der Waals surface area contributed by atoms with E-state index >= 15 is 0 Å². The standard InChI is InChI=1S/C27H30F6N4O2/c28-26(29,30)22-8-2-1-6-20(22)17-36(15-14-35-12-3-4-13-35)24(38)18-37(25(39)27(31,32)33)23-9-5-7-19-10-11-34-16-21(19)23/h1-2,5-9,34H,3-4,10-18H2. The first-order valence-corrected chi connectivity index (χ1v) is 12.8. The monoisotopic (exact) mass is 556 g/mol. The Bertz CT molecular complexity index is 1180. The van der Waals surface area contributed by atoms with Crippen molar-refractivity contribution in [3.63, 3.8) is 0 Å². The number of benzene rings is 2. The van der Waals surface area contributed by atoms with Crippen molar-refractivity contribution in [2.24, 2.45) is 0 Å². The van der Waals surface area contributed by atoms with Crippen LogP contribution in [0.25, 0.3) is 0 Å². The maximum atomic E-state index is 13.7. The molecule has 0 aromatic heterocycles. The van der Waals surface area contributed by atoms with Gasteiger partial charge in [0.2, 0.25) is 5.91 Å². The lowest BCUT2D eigenvalue weighted by Gasteiger charge is -2.32. The number of rotatable bonds is 8. The van der Waals surface area contributed by atoms with Crippen molar-refractivity contribution in [1.82, 2.24) is 15.1 Å². The third kappa shape index (κ3) is 7.10. The summed E-state index contributed by atoms with van der Waals surface area (Å²) in [7, 11) is 0. The van der Waals surface area contributed by atoms with Gasteiger partial charge in [-0.1, -0.05) is 30.3 Å². The van der Waals surface area contributed by atoms with Gasteiger partial charge in [0.05, 0.1) is 5.56 Å². The summed E-state index contributed by atoms with van der Waals surface area (Å²) in [6, 6.07) is 9.45. The summed E-state index contributed by atoms with van der Waals surface area (Å²) in [6.07, 6.45) is -7.48. The minimum atomic E-state index is -5.26. The van der Waals surface area contributed by atoms with Crippen molar-refractivity contribution in [2.45, 2.75) is 44.7 Å². The van der Waals surface area contributed by atoms with E-state index in [1.807, 2.05) is 4.90 Å². The summed E-state index contributed by atoms with van der Waals surface area (Å²) in [5.41, 5.74) is 0.125. The number of carbonyl (C=O) groups excluding carboxylic acids is 2. The van der Waals surface area contributed by atoms with Crippen LogP contribution < -0.4 is 10.2 Å². The molecule has 0 spiro atoms. The molecule has 0 atom stereocenters. The topological polar surface area (TPSA) is 55.9 Å². The smallest absolute Gasteiger partial charge is 0.336 e. The SMILES string of the molecule is O=C(CN(C(=O)C(F)(F)F)c1cccc2c1CNCC2)N(CCN1CCCC1)Cc1ccccc1C(F)(F)F. The third-order valence-corrected chi connectivity index (χ3v) is 7.11. The molecule has 1 N–H and O–H groups in total. The molecule has 1 saturated heterocycles. The first kappa shape index (κ1) is 28.9. The second kappa shape index (κ2) is 12.0. The number of anilines is 1. The molecule has 39 heavy (non-hydrogen) atoms. The van der Waals surface area contributed by atoms with Crippen LogP contribution in [-0.2, 0) is 35.3 Å². The van der Waals surface area contributed by atoms with Crippen molar-refractivity contribution in [1.29, 1.82) is 0 Å². The highest BCUT2D eigenvalue weighted by Gasteiger charge is 2.45. The number of alkyl halides is 6. The quantitative estimate of drug-likeness (QED) is 0.491. The van der Waals surface area contributed by atoms with E-state index in [9.17, 15) is 35.9 Å². The number of hydrogen-bond acceptors (Lipinski definition) is 4. The van der Waals surface area contributed by atoms with Crippen molar-refractivity contribution >= 4 is 17.5 Å². The molecule has 2 aromatic carbocycles. The molecule has 4 rings (SSSR count). The van der Waals surface area contributed by atoms with Gasteiger partial charge in [-0.2, -0.15) is 26.3 Å². The summed E-state index contributed by atoms with van der Waals surface area (Å²) >= 11 is 0. The van der Waals surface area contributed by atoms with Crippen LogP contribution in [0.5, 0.6) is 0 Å². The van der Waals surface area contributed by atoms with Crippen molar-refractivity contribution < 1.29 is 35.9 Å². The number of hydrogen-bond donors (Lipinski definition) is 1. The molecule has 212 valence electrons. The fourth-order valence-corrected chi connectivity index (χ4v) is 5.10. The maximum absolute atomic E-state index is 13.7. The van der Waals surface area contributed by atoms with Gasteiger partial charge >= 0.3 is 18.3 Å². The third-order valence-electron chi connectivity index (χ3n) is 7.11. The lowest BCUT2D eigenvalue weighted by Crippen LogP contribution is -2.49. The number of amides is 2. The predicted molar refractivity (Wildman–Crippen MR) is 133 cm³/mol. The van der Waals surface area contributed by atoms with E-state index in [1.165, 1.54) is 30.3 Å². The van der Waals surface area contributed by atoms with Gasteiger partial charge in [-0.25, -0.2) is 0 Å². The van der Waals surface area contributed by atoms with Gasteiger partial charge < -0.3 is 15.1 Å². The Labute approximate surface area is 222 Å². The molecule has 2 aliphatic heterocycles. The molecular weight excluding hydrogens is 526 g/mol. The van der Waals surface area contributed by atoms with Crippen LogP contribution in [-0.4, -0.2) is 67.1 Å². The largest absolute Gasteiger partial charge is 0.471 e. The van der Waals surface area contributed by atoms with E-state index < -0.39 is 42.8 Å². The van der Waals surface area contributed by atoms with Crippen molar-refractivity contribution in [3.8, 4) is 0 Å². The number of nitrogens with zero attached hydrogens (tertiary/aromatic N) is 3. The maximum Gasteiger partial charge on any atom is 0.471 e. The molecule has 12 heteroatoms. The average molecular weight is 557 g/mol. The molecule has 0 radical (unpaired) electrons. The molecule has 0 bridgehead atoms. The highest BCUT2D eigenvalue weighted by atomic mass is 19.4. The van der Waals surface area contributed by atoms with E-state index in [0.717, 1.165) is 42.5 Å². The first-order chi connectivity index (χ1) is 18.4. The Morgan fingerprint density at radius 3 is 2.36 bits per heavy atom. The molecule has 6 nitrogen and oxygen atoms in total. The summed E-state index contributed by atoms with van der Waals surface area (Å²) in [6.45, 7) is 1.33. The zero-order valence-corrected chi connectivity index (χ0v) is 21.2. The molecule has 1 fully saturated rings. The van der Waals surface area contributed by atoms with Crippen LogP contribution in [0, 0.1) is 0 Å². The molecule has 0 aliphatic carbocycles. The minimum Gasteiger partial charge on any atom is -0.336 e. The first-order valence-electron chi connectivity index (χ1n) is 12.8. The highest BCUT2D eigenvalue weighted by Crippen LogP contribution is 2.33. The van der Waals surface area contributed by atoms with E-state index in [1.54, 1.807) is 6.07 Å². The molecular formula is C27H30F6N4O2. The number of nitrogens with one attached hydrogen (secondary N) is 1. The van der Waals surface area contributed by atoms with Crippen LogP contribution in [0.1, 0.15) is 35.1 Å². The van der Waals surface area contributed by atoms with E-state index in [4.69, 9.17) is 0 Å². The van der Waals surface area contributed by atoms with Crippen LogP contribution in [0.4, 0.5) is 32.0 Å². The molecule has 2 aromatic rings. The number of likely N-dealkylation sites (tertiary alicyclic amines) is 1. The normalized spacial score (nSPS) is 16.2. The fourth-order valence-electron chi connectivity index (χ4n) is 5.10. The van der Waals surface area contributed by atoms with Gasteiger partial charge in [-0.3, -0.25) is 14.5 Å². The lowest BCUT2D eigenvalue weighted by molar-refractivity contribution is -0.170. The Morgan fingerprint density at radius 2 is 1.67 bits per heavy atom. The summed E-state index contributed by atoms with van der Waals surface area (Å²) in [5.74, 6) is -3.07. The number of halogens is 6. The summed E-state index contributed by atoms with van der Waals surface area (Å²) in [4.78, 5) is 29.7. The second-order valence-electron chi connectivity index (χ2n) is 9.75. The second-order valence-corrected chi connectivity index (χ2v) is 9.75. The van der Waals surface area contributed by atoms with Gasteiger partial charge in [0.1, 0.15) is 6.54 Å². The van der Waals surface area contributed by atoms with E-state index in [-0.39, 0.29) is 24.3 Å². The Hall–Kier alpha value is -3.12. The summed E-state index contributed by atoms with van der Waals surface area (Å²) in [5, 5.41) is 3.07. The molecule has 2 amide bonds. The average Bonchev–Trinajstić information content (AvgIpc) is 3.42. The van der Waals surface area contributed by atoms with Gasteiger partial charge in [0.15, 0.2) is 0 Å². The van der Waals surface area contributed by atoms with Crippen molar-refractivity contribution in [3.05, 3.63) is 64.7 Å². The lowest BCUT2D eigenvalue weighted by atomic mass is 9.98. The van der Waals surface area contributed by atoms with Gasteiger partial charge in [0.25, 0.3) is 0 Å². The zero-order chi connectivity index (χ0) is 28.2. The fraction of sp³-hybridized carbons (Fsp3) is 0.481. The number of carbonyl (C=O) groups is 2. The molecule has 2 aliphatic rings. The van der Waals surface area contributed by atoms with E-state index in [0.29, 0.717) is 30.0 Å². The van der Waals surface area contributed by atoms with Crippen LogP contribution in [0.2, 0.25) is 0 Å². The van der Waals surface area contributed by atoms with Gasteiger partial charge in [0, 0.05) is 31.9 Å². The number of fused-ring (bicyclic) bond motifs is 1. The highest BCUT2D eigenvalue weighted by molar-refractivity contribution is 6.02. The molecule has 0 saturated carbocycles. The summed E-state index contributed by atoms with van der Waals surface area (Å²) < 4.78 is 82.1. The van der Waals surface area contributed by atoms with Gasteiger partial charge in [-0.15, -0.1) is 0 Å². The Balaban J connectivity index is 1.65. The van der Waals surface area contributed by atoms with Crippen LogP contribution in [0.3, 0.4) is 0 Å². The van der Waals surface area contributed by atoms with E-state index in [2.05, 4.69) is 5.32 Å².